The molecule has 1 heterocycles. The summed E-state index contributed by atoms with van der Waals surface area (Å²) < 4.78 is 0.775. The van der Waals surface area contributed by atoms with Crippen molar-refractivity contribution < 1.29 is 14.7 Å². The third-order valence-electron chi connectivity index (χ3n) is 8.96. The topological polar surface area (TPSA) is 109 Å². The van der Waals surface area contributed by atoms with Crippen molar-refractivity contribution in [3.8, 4) is 5.75 Å². The van der Waals surface area contributed by atoms with Gasteiger partial charge >= 0.3 is 0 Å². The van der Waals surface area contributed by atoms with Crippen LogP contribution in [0.5, 0.6) is 5.75 Å². The van der Waals surface area contributed by atoms with Crippen LogP contribution in [0.2, 0.25) is 0 Å². The molecule has 1 aromatic heterocycles. The number of hydrogen-bond acceptors (Lipinski definition) is 7. The molecule has 9 heteroatoms. The number of aromatic nitrogens is 1. The number of amides is 1. The minimum atomic E-state index is -0.562. The van der Waals surface area contributed by atoms with Gasteiger partial charge in [0.15, 0.2) is 5.13 Å². The van der Waals surface area contributed by atoms with E-state index in [1.54, 1.807) is 12.3 Å². The fourth-order valence-corrected chi connectivity index (χ4v) is 8.82. The van der Waals surface area contributed by atoms with Gasteiger partial charge in [0.2, 0.25) is 5.91 Å². The number of phenolic OH excluding ortho intramolecular Hbond substituents is 1. The number of hydrogen-bond donors (Lipinski definition) is 2. The quantitative estimate of drug-likeness (QED) is 0.334. The maximum Gasteiger partial charge on any atom is 0.226 e. The lowest BCUT2D eigenvalue weighted by molar-refractivity contribution is -0.117. The van der Waals surface area contributed by atoms with Crippen LogP contribution < -0.4 is 5.32 Å². The Bertz CT molecular complexity index is 1170. The fraction of sp³-hybridized carbons (Fsp3) is 0.577. The molecule has 0 spiro atoms. The van der Waals surface area contributed by atoms with Crippen LogP contribution >= 0.6 is 27.3 Å². The van der Waals surface area contributed by atoms with E-state index < -0.39 is 12.0 Å². The molecule has 2 N–H and O–H groups in total. The van der Waals surface area contributed by atoms with Gasteiger partial charge in [-0.2, -0.15) is 4.91 Å². The van der Waals surface area contributed by atoms with Gasteiger partial charge in [0, 0.05) is 23.4 Å². The van der Waals surface area contributed by atoms with E-state index in [9.17, 15) is 19.6 Å². The summed E-state index contributed by atoms with van der Waals surface area (Å²) in [6.07, 6.45) is 6.97. The van der Waals surface area contributed by atoms with E-state index >= 15 is 0 Å². The second-order valence-corrected chi connectivity index (χ2v) is 12.7. The van der Waals surface area contributed by atoms with Gasteiger partial charge in [-0.05, 0) is 101 Å². The van der Waals surface area contributed by atoms with Crippen molar-refractivity contribution in [2.75, 3.05) is 5.32 Å². The molecule has 0 bridgehead atoms. The first-order valence-electron chi connectivity index (χ1n) is 12.3. The Balaban J connectivity index is 1.43. The van der Waals surface area contributed by atoms with Crippen molar-refractivity contribution in [3.63, 3.8) is 0 Å². The highest BCUT2D eigenvalue weighted by atomic mass is 79.9. The minimum absolute atomic E-state index is 0.0705. The zero-order valence-corrected chi connectivity index (χ0v) is 22.3. The van der Waals surface area contributed by atoms with Crippen molar-refractivity contribution in [3.05, 3.63) is 43.7 Å². The summed E-state index contributed by atoms with van der Waals surface area (Å²) in [6.45, 7) is 4.08. The number of aryl methyl sites for hydroxylation is 1. The number of benzene rings is 1. The number of thiazole rings is 1. The molecule has 2 aromatic rings. The number of carbonyl (C=O) groups excluding carboxylic acids is 2. The van der Waals surface area contributed by atoms with Crippen LogP contribution in [0.3, 0.4) is 0 Å². The first-order chi connectivity index (χ1) is 16.8. The summed E-state index contributed by atoms with van der Waals surface area (Å²) in [6, 6.07) is 3.23. The smallest absolute Gasteiger partial charge is 0.226 e. The van der Waals surface area contributed by atoms with Crippen LogP contribution in [0, 0.1) is 40.9 Å². The Morgan fingerprint density at radius 1 is 1.40 bits per heavy atom. The zero-order chi connectivity index (χ0) is 24.9. The van der Waals surface area contributed by atoms with Crippen LogP contribution in [0.4, 0.5) is 5.13 Å². The SMILES string of the molecule is Cc1cnc(NC(=O)CCC2C(C=O)C(N=O)C3(C)CCC4c5ccc(O)c(Br)c5CCC4C23)s1. The maximum absolute atomic E-state index is 12.7. The number of halogens is 1. The summed E-state index contributed by atoms with van der Waals surface area (Å²) in [5, 5.41) is 17.2. The monoisotopic (exact) mass is 559 g/mol. The number of aromatic hydroxyl groups is 1. The molecule has 7 atom stereocenters. The Morgan fingerprint density at radius 3 is 2.89 bits per heavy atom. The fourth-order valence-electron chi connectivity index (χ4n) is 7.58. The number of aldehydes is 1. The van der Waals surface area contributed by atoms with E-state index in [0.717, 1.165) is 41.3 Å². The average molecular weight is 561 g/mol. The van der Waals surface area contributed by atoms with Crippen LogP contribution in [0.1, 0.15) is 60.9 Å². The number of phenols is 1. The number of fused-ring (bicyclic) bond motifs is 5. The molecule has 0 aliphatic heterocycles. The molecule has 1 aromatic carbocycles. The highest BCUT2D eigenvalue weighted by molar-refractivity contribution is 9.10. The van der Waals surface area contributed by atoms with Crippen molar-refractivity contribution in [1.82, 2.24) is 4.98 Å². The molecule has 2 fully saturated rings. The second-order valence-electron chi connectivity index (χ2n) is 10.6. The minimum Gasteiger partial charge on any atom is -0.507 e. The molecular weight excluding hydrogens is 530 g/mol. The third-order valence-corrected chi connectivity index (χ3v) is 10.7. The molecule has 7 nitrogen and oxygen atoms in total. The van der Waals surface area contributed by atoms with Gasteiger partial charge in [0.05, 0.1) is 4.47 Å². The first kappa shape index (κ1) is 24.6. The van der Waals surface area contributed by atoms with Crippen LogP contribution in [0.25, 0.3) is 0 Å². The molecule has 3 aliphatic carbocycles. The largest absolute Gasteiger partial charge is 0.507 e. The van der Waals surface area contributed by atoms with Crippen molar-refractivity contribution >= 4 is 44.6 Å². The molecular formula is C26H30BrN3O4S. The summed E-state index contributed by atoms with van der Waals surface area (Å²) in [4.78, 5) is 42.4. The number of anilines is 1. The molecule has 0 saturated heterocycles. The van der Waals surface area contributed by atoms with Crippen LogP contribution in [-0.4, -0.2) is 28.3 Å². The van der Waals surface area contributed by atoms with Crippen LogP contribution in [-0.2, 0) is 16.0 Å². The predicted molar refractivity (Wildman–Crippen MR) is 139 cm³/mol. The Labute approximate surface area is 217 Å². The highest BCUT2D eigenvalue weighted by Gasteiger charge is 2.63. The normalized spacial score (nSPS) is 33.3. The van der Waals surface area contributed by atoms with Crippen molar-refractivity contribution in [2.45, 2.75) is 64.3 Å². The van der Waals surface area contributed by atoms with Crippen molar-refractivity contribution in [1.29, 1.82) is 0 Å². The summed E-state index contributed by atoms with van der Waals surface area (Å²) >= 11 is 5.00. The van der Waals surface area contributed by atoms with E-state index in [2.05, 4.69) is 38.3 Å². The first-order valence-corrected chi connectivity index (χ1v) is 13.9. The molecule has 5 rings (SSSR count). The summed E-state index contributed by atoms with van der Waals surface area (Å²) in [5.74, 6) is 0.351. The number of nitroso groups, excluding NO2 is 1. The standard InChI is InChI=1S/C26H30BrN3O4S/c1-13-11-28-25(35-13)29-21(33)8-6-17-19(12-31)24(30-34)26(2)10-9-15-14-5-7-20(32)23(27)18(14)4-3-16(15)22(17)26/h5,7,11-12,15-17,19,22,24,32H,3-4,6,8-10H2,1-2H3,(H,28,29,33). The number of nitrogens with one attached hydrogen (secondary N) is 1. The van der Waals surface area contributed by atoms with E-state index in [0.29, 0.717) is 23.4 Å². The van der Waals surface area contributed by atoms with E-state index in [1.807, 2.05) is 13.0 Å². The number of carbonyl (C=O) groups is 2. The molecule has 7 unspecified atom stereocenters. The molecule has 3 aliphatic rings. The van der Waals surface area contributed by atoms with Crippen LogP contribution in [0.15, 0.2) is 28.0 Å². The Morgan fingerprint density at radius 2 is 2.20 bits per heavy atom. The van der Waals surface area contributed by atoms with Gasteiger partial charge in [0.1, 0.15) is 18.1 Å². The Hall–Kier alpha value is -2.13. The van der Waals surface area contributed by atoms with Gasteiger partial charge < -0.3 is 15.2 Å². The zero-order valence-electron chi connectivity index (χ0n) is 19.9. The second kappa shape index (κ2) is 9.39. The highest BCUT2D eigenvalue weighted by Crippen LogP contribution is 2.65. The molecule has 35 heavy (non-hydrogen) atoms. The van der Waals surface area contributed by atoms with Gasteiger partial charge in [-0.15, -0.1) is 11.3 Å². The van der Waals surface area contributed by atoms with E-state index in [4.69, 9.17) is 0 Å². The number of nitrogens with zero attached hydrogens (tertiary/aromatic N) is 2. The Kier molecular flexibility index (Phi) is 6.59. The van der Waals surface area contributed by atoms with E-state index in [1.165, 1.54) is 22.5 Å². The molecule has 1 amide bonds. The lowest BCUT2D eigenvalue weighted by atomic mass is 9.53. The van der Waals surface area contributed by atoms with Gasteiger partial charge in [-0.3, -0.25) is 4.79 Å². The maximum atomic E-state index is 12.7. The third kappa shape index (κ3) is 4.04. The van der Waals surface area contributed by atoms with Crippen molar-refractivity contribution in [2.24, 2.45) is 34.3 Å². The van der Waals surface area contributed by atoms with Gasteiger partial charge in [-0.25, -0.2) is 4.98 Å². The predicted octanol–water partition coefficient (Wildman–Crippen LogP) is 5.98. The lowest BCUT2D eigenvalue weighted by Crippen LogP contribution is -2.45. The lowest BCUT2D eigenvalue weighted by Gasteiger charge is -2.51. The summed E-state index contributed by atoms with van der Waals surface area (Å²) in [5.41, 5.74) is 2.07. The molecule has 2 saturated carbocycles. The van der Waals surface area contributed by atoms with Gasteiger partial charge in [0.25, 0.3) is 0 Å². The number of rotatable bonds is 6. The molecule has 0 radical (unpaired) electrons. The average Bonchev–Trinajstić information content (AvgIpc) is 3.36. The summed E-state index contributed by atoms with van der Waals surface area (Å²) in [7, 11) is 0. The van der Waals surface area contributed by atoms with Gasteiger partial charge in [-0.1, -0.05) is 18.2 Å². The van der Waals surface area contributed by atoms with E-state index in [-0.39, 0.29) is 35.3 Å². The molecule has 186 valence electrons.